The second kappa shape index (κ2) is 10.0. The molecule has 0 radical (unpaired) electrons. The number of carbonyl (C=O) groups is 1. The van der Waals surface area contributed by atoms with Crippen molar-refractivity contribution in [3.63, 3.8) is 0 Å². The van der Waals surface area contributed by atoms with Crippen molar-refractivity contribution in [1.82, 2.24) is 9.29 Å². The van der Waals surface area contributed by atoms with E-state index in [9.17, 15) is 13.2 Å². The third kappa shape index (κ3) is 5.77. The van der Waals surface area contributed by atoms with E-state index in [2.05, 4.69) is 10.3 Å². The van der Waals surface area contributed by atoms with Crippen molar-refractivity contribution >= 4 is 65.8 Å². The largest absolute Gasteiger partial charge is 0.300 e. The van der Waals surface area contributed by atoms with Gasteiger partial charge in [0, 0.05) is 13.1 Å². The summed E-state index contributed by atoms with van der Waals surface area (Å²) in [5.41, 5.74) is 0.601. The van der Waals surface area contributed by atoms with Crippen LogP contribution in [0.1, 0.15) is 39.5 Å². The molecule has 0 unspecified atom stereocenters. The molecule has 6 nitrogen and oxygen atoms in total. The first-order valence-corrected chi connectivity index (χ1v) is 11.9. The first-order chi connectivity index (χ1) is 12.8. The van der Waals surface area contributed by atoms with Crippen LogP contribution in [0.4, 0.5) is 5.13 Å². The lowest BCUT2D eigenvalue weighted by atomic mass is 10.3. The standard InChI is InChI=1S/C17H23Cl2N3O3S2/c1-3-5-9-22(10-6-4-2)27(24,25)12-7-8-13-14(11-12)26-17(20-13)21-16(23)15(18)19/h7-8,11,15H,3-6,9-10H2,1-2H3,(H,20,21,23). The average molecular weight is 452 g/mol. The third-order valence-electron chi connectivity index (χ3n) is 3.95. The number of sulfonamides is 1. The van der Waals surface area contributed by atoms with Crippen LogP contribution in [0.15, 0.2) is 23.1 Å². The number of thiazole rings is 1. The summed E-state index contributed by atoms with van der Waals surface area (Å²) in [5.74, 6) is -0.574. The highest BCUT2D eigenvalue weighted by Gasteiger charge is 2.24. The maximum absolute atomic E-state index is 13.1. The predicted octanol–water partition coefficient (Wildman–Crippen LogP) is 4.63. The van der Waals surface area contributed by atoms with Crippen LogP contribution in [-0.2, 0) is 14.8 Å². The number of fused-ring (bicyclic) bond motifs is 1. The number of unbranched alkanes of at least 4 members (excludes halogenated alkanes) is 2. The minimum atomic E-state index is -3.58. The second-order valence-corrected chi connectivity index (χ2v) is 10.1. The van der Waals surface area contributed by atoms with Gasteiger partial charge in [-0.25, -0.2) is 13.4 Å². The Kier molecular flexibility index (Phi) is 8.30. The Balaban J connectivity index is 2.31. The van der Waals surface area contributed by atoms with Gasteiger partial charge in [-0.15, -0.1) is 0 Å². The maximum atomic E-state index is 13.1. The van der Waals surface area contributed by atoms with Crippen LogP contribution in [0.2, 0.25) is 0 Å². The quantitative estimate of drug-likeness (QED) is 0.533. The average Bonchev–Trinajstić information content (AvgIpc) is 3.02. The topological polar surface area (TPSA) is 79.4 Å². The molecule has 1 N–H and O–H groups in total. The fourth-order valence-corrected chi connectivity index (χ4v) is 5.08. The number of amides is 1. The summed E-state index contributed by atoms with van der Waals surface area (Å²) >= 11 is 12.2. The van der Waals surface area contributed by atoms with Crippen LogP contribution >= 0.6 is 34.5 Å². The van der Waals surface area contributed by atoms with E-state index in [4.69, 9.17) is 23.2 Å². The lowest BCUT2D eigenvalue weighted by Gasteiger charge is -2.21. The van der Waals surface area contributed by atoms with E-state index in [0.29, 0.717) is 28.4 Å². The van der Waals surface area contributed by atoms with E-state index < -0.39 is 20.8 Å². The molecule has 0 fully saturated rings. The number of nitrogens with zero attached hydrogens (tertiary/aromatic N) is 2. The van der Waals surface area contributed by atoms with Gasteiger partial charge in [-0.1, -0.05) is 61.2 Å². The predicted molar refractivity (Wildman–Crippen MR) is 112 cm³/mol. The Hall–Kier alpha value is -0.930. The normalized spacial score (nSPS) is 12.2. The molecule has 2 aromatic rings. The molecule has 10 heteroatoms. The number of anilines is 1. The molecule has 0 saturated heterocycles. The summed E-state index contributed by atoms with van der Waals surface area (Å²) < 4.78 is 28.4. The van der Waals surface area contributed by atoms with E-state index in [0.717, 1.165) is 25.7 Å². The van der Waals surface area contributed by atoms with E-state index in [1.54, 1.807) is 22.5 Å². The Morgan fingerprint density at radius 1 is 1.22 bits per heavy atom. The molecular formula is C17H23Cl2N3O3S2. The molecule has 1 aromatic heterocycles. The highest BCUT2D eigenvalue weighted by molar-refractivity contribution is 7.89. The SMILES string of the molecule is CCCCN(CCCC)S(=O)(=O)c1ccc2nc(NC(=O)C(Cl)Cl)sc2c1. The zero-order valence-electron chi connectivity index (χ0n) is 15.2. The van der Waals surface area contributed by atoms with E-state index in [-0.39, 0.29) is 4.90 Å². The lowest BCUT2D eigenvalue weighted by Crippen LogP contribution is -2.33. The monoisotopic (exact) mass is 451 g/mol. The molecule has 2 rings (SSSR count). The third-order valence-corrected chi connectivity index (χ3v) is 7.17. The highest BCUT2D eigenvalue weighted by atomic mass is 35.5. The second-order valence-electron chi connectivity index (χ2n) is 6.05. The molecule has 0 aliphatic carbocycles. The number of aromatic nitrogens is 1. The molecular weight excluding hydrogens is 429 g/mol. The van der Waals surface area contributed by atoms with E-state index in [1.807, 2.05) is 13.8 Å². The summed E-state index contributed by atoms with van der Waals surface area (Å²) in [6.45, 7) is 5.09. The van der Waals surface area contributed by atoms with Crippen LogP contribution in [-0.4, -0.2) is 41.5 Å². The number of nitrogens with one attached hydrogen (secondary N) is 1. The van der Waals surface area contributed by atoms with Crippen molar-refractivity contribution in [3.8, 4) is 0 Å². The van der Waals surface area contributed by atoms with Gasteiger partial charge in [0.15, 0.2) is 9.97 Å². The first-order valence-electron chi connectivity index (χ1n) is 8.79. The van der Waals surface area contributed by atoms with Crippen molar-refractivity contribution in [1.29, 1.82) is 0 Å². The van der Waals surface area contributed by atoms with Crippen LogP contribution in [0, 0.1) is 0 Å². The Bertz CT molecular complexity index is 877. The zero-order chi connectivity index (χ0) is 20.0. The number of hydrogen-bond acceptors (Lipinski definition) is 5. The Morgan fingerprint density at radius 2 is 1.85 bits per heavy atom. The van der Waals surface area contributed by atoms with E-state index >= 15 is 0 Å². The van der Waals surface area contributed by atoms with Gasteiger partial charge in [0.2, 0.25) is 10.0 Å². The summed E-state index contributed by atoms with van der Waals surface area (Å²) in [6, 6.07) is 4.80. The van der Waals surface area contributed by atoms with Crippen LogP contribution in [0.3, 0.4) is 0 Å². The number of hydrogen-bond donors (Lipinski definition) is 1. The fourth-order valence-electron chi connectivity index (χ4n) is 2.45. The van der Waals surface area contributed by atoms with Gasteiger partial charge in [0.05, 0.1) is 15.1 Å². The smallest absolute Gasteiger partial charge is 0.259 e. The summed E-state index contributed by atoms with van der Waals surface area (Å²) in [7, 11) is -3.58. The number of rotatable bonds is 10. The number of carbonyl (C=O) groups excluding carboxylic acids is 1. The highest BCUT2D eigenvalue weighted by Crippen LogP contribution is 2.29. The molecule has 0 atom stereocenters. The molecule has 27 heavy (non-hydrogen) atoms. The molecule has 0 spiro atoms. The van der Waals surface area contributed by atoms with Crippen molar-refractivity contribution in [2.75, 3.05) is 18.4 Å². The number of alkyl halides is 2. The van der Waals surface area contributed by atoms with Gasteiger partial charge in [-0.05, 0) is 31.0 Å². The van der Waals surface area contributed by atoms with Crippen molar-refractivity contribution in [3.05, 3.63) is 18.2 Å². The van der Waals surface area contributed by atoms with Crippen LogP contribution in [0.5, 0.6) is 0 Å². The van der Waals surface area contributed by atoms with Gasteiger partial charge in [-0.2, -0.15) is 4.31 Å². The van der Waals surface area contributed by atoms with Gasteiger partial charge < -0.3 is 0 Å². The number of benzene rings is 1. The Morgan fingerprint density at radius 3 is 2.41 bits per heavy atom. The minimum absolute atomic E-state index is 0.233. The maximum Gasteiger partial charge on any atom is 0.259 e. The van der Waals surface area contributed by atoms with Crippen molar-refractivity contribution in [2.24, 2.45) is 0 Å². The van der Waals surface area contributed by atoms with Crippen molar-refractivity contribution < 1.29 is 13.2 Å². The van der Waals surface area contributed by atoms with Gasteiger partial charge >= 0.3 is 0 Å². The molecule has 0 bridgehead atoms. The first kappa shape index (κ1) is 22.4. The zero-order valence-corrected chi connectivity index (χ0v) is 18.4. The molecule has 0 saturated carbocycles. The minimum Gasteiger partial charge on any atom is -0.300 e. The van der Waals surface area contributed by atoms with Crippen LogP contribution < -0.4 is 5.32 Å². The Labute approximate surface area is 173 Å². The van der Waals surface area contributed by atoms with Crippen LogP contribution in [0.25, 0.3) is 10.2 Å². The van der Waals surface area contributed by atoms with E-state index in [1.165, 1.54) is 11.3 Å². The summed E-state index contributed by atoms with van der Waals surface area (Å²) in [6.07, 6.45) is 3.49. The van der Waals surface area contributed by atoms with Crippen molar-refractivity contribution in [2.45, 2.75) is 49.3 Å². The van der Waals surface area contributed by atoms with Gasteiger partial charge in [0.25, 0.3) is 5.91 Å². The summed E-state index contributed by atoms with van der Waals surface area (Å²) in [4.78, 5) is 14.9. The molecule has 1 aromatic carbocycles. The lowest BCUT2D eigenvalue weighted by molar-refractivity contribution is -0.114. The molecule has 150 valence electrons. The number of halogens is 2. The van der Waals surface area contributed by atoms with Gasteiger partial charge in [0.1, 0.15) is 0 Å². The summed E-state index contributed by atoms with van der Waals surface area (Å²) in [5, 5.41) is 2.84. The molecule has 0 aliphatic rings. The molecule has 0 aliphatic heterocycles. The molecule has 1 heterocycles. The fraction of sp³-hybridized carbons (Fsp3) is 0.529. The molecule has 1 amide bonds. The van der Waals surface area contributed by atoms with Gasteiger partial charge in [-0.3, -0.25) is 10.1 Å².